The van der Waals surface area contributed by atoms with Gasteiger partial charge in [0.05, 0.1) is 18.9 Å². The summed E-state index contributed by atoms with van der Waals surface area (Å²) in [7, 11) is 0. The molecule has 2 fully saturated rings. The van der Waals surface area contributed by atoms with Gasteiger partial charge < -0.3 is 14.2 Å². The lowest BCUT2D eigenvalue weighted by Gasteiger charge is -2.47. The van der Waals surface area contributed by atoms with E-state index in [1.165, 1.54) is 25.7 Å². The molecule has 136 valence electrons. The Bertz CT molecular complexity index is 814. The molecule has 1 saturated heterocycles. The largest absolute Gasteiger partial charge is 0.373 e. The van der Waals surface area contributed by atoms with Crippen molar-refractivity contribution in [2.75, 3.05) is 13.2 Å². The van der Waals surface area contributed by atoms with E-state index in [1.54, 1.807) is 0 Å². The molecule has 26 heavy (non-hydrogen) atoms. The SMILES string of the molecule is O=C(c1nc(-c2ccccc2)n2c1COCC2)N1CC2CCCCCC21. The third kappa shape index (κ3) is 2.57. The van der Waals surface area contributed by atoms with Gasteiger partial charge in [-0.2, -0.15) is 0 Å². The van der Waals surface area contributed by atoms with Crippen LogP contribution in [-0.4, -0.2) is 39.6 Å². The summed E-state index contributed by atoms with van der Waals surface area (Å²) in [6.45, 7) is 2.80. The van der Waals surface area contributed by atoms with E-state index >= 15 is 0 Å². The molecule has 2 atom stereocenters. The van der Waals surface area contributed by atoms with Crippen molar-refractivity contribution in [2.45, 2.75) is 51.3 Å². The minimum Gasteiger partial charge on any atom is -0.373 e. The highest BCUT2D eigenvalue weighted by Crippen LogP contribution is 2.37. The van der Waals surface area contributed by atoms with Crippen molar-refractivity contribution in [3.63, 3.8) is 0 Å². The second-order valence-corrected chi connectivity index (χ2v) is 7.72. The monoisotopic (exact) mass is 351 g/mol. The summed E-state index contributed by atoms with van der Waals surface area (Å²) >= 11 is 0. The number of aromatic nitrogens is 2. The quantitative estimate of drug-likeness (QED) is 0.832. The van der Waals surface area contributed by atoms with Gasteiger partial charge in [0.25, 0.3) is 5.91 Å². The summed E-state index contributed by atoms with van der Waals surface area (Å²) in [5.74, 6) is 1.69. The molecule has 0 bridgehead atoms. The zero-order chi connectivity index (χ0) is 17.5. The lowest BCUT2D eigenvalue weighted by atomic mass is 9.84. The third-order valence-electron chi connectivity index (χ3n) is 6.22. The number of carbonyl (C=O) groups excluding carboxylic acids is 1. The van der Waals surface area contributed by atoms with Gasteiger partial charge in [-0.1, -0.05) is 49.6 Å². The molecule has 3 heterocycles. The fourth-order valence-electron chi connectivity index (χ4n) is 4.78. The predicted molar refractivity (Wildman–Crippen MR) is 98.7 cm³/mol. The van der Waals surface area contributed by atoms with E-state index in [0.717, 1.165) is 36.6 Å². The van der Waals surface area contributed by atoms with E-state index in [2.05, 4.69) is 21.6 Å². The Morgan fingerprint density at radius 3 is 2.85 bits per heavy atom. The molecule has 5 nitrogen and oxygen atoms in total. The zero-order valence-corrected chi connectivity index (χ0v) is 15.1. The number of ether oxygens (including phenoxy) is 1. The minimum absolute atomic E-state index is 0.101. The summed E-state index contributed by atoms with van der Waals surface area (Å²) < 4.78 is 7.84. The van der Waals surface area contributed by atoms with Crippen LogP contribution in [0.5, 0.6) is 0 Å². The Kier molecular flexibility index (Phi) is 4.04. The van der Waals surface area contributed by atoms with E-state index in [4.69, 9.17) is 9.72 Å². The summed E-state index contributed by atoms with van der Waals surface area (Å²) in [6.07, 6.45) is 6.28. The first kappa shape index (κ1) is 16.1. The van der Waals surface area contributed by atoms with Gasteiger partial charge in [-0.05, 0) is 18.8 Å². The van der Waals surface area contributed by atoms with Crippen molar-refractivity contribution in [1.29, 1.82) is 0 Å². The molecule has 5 rings (SSSR count). The van der Waals surface area contributed by atoms with Gasteiger partial charge in [0.15, 0.2) is 5.69 Å². The number of rotatable bonds is 2. The van der Waals surface area contributed by atoms with E-state index < -0.39 is 0 Å². The van der Waals surface area contributed by atoms with Crippen LogP contribution < -0.4 is 0 Å². The maximum atomic E-state index is 13.3. The van der Waals surface area contributed by atoms with Crippen molar-refractivity contribution >= 4 is 5.91 Å². The fraction of sp³-hybridized carbons (Fsp3) is 0.524. The Labute approximate surface area is 154 Å². The number of likely N-dealkylation sites (tertiary alicyclic amines) is 1. The summed E-state index contributed by atoms with van der Waals surface area (Å²) in [4.78, 5) is 20.2. The smallest absolute Gasteiger partial charge is 0.274 e. The van der Waals surface area contributed by atoms with E-state index in [-0.39, 0.29) is 5.91 Å². The Balaban J connectivity index is 1.49. The molecular weight excluding hydrogens is 326 g/mol. The number of fused-ring (bicyclic) bond motifs is 2. The van der Waals surface area contributed by atoms with E-state index in [9.17, 15) is 4.79 Å². The van der Waals surface area contributed by atoms with Gasteiger partial charge in [0, 0.05) is 24.7 Å². The van der Waals surface area contributed by atoms with Crippen molar-refractivity contribution < 1.29 is 9.53 Å². The number of nitrogens with zero attached hydrogens (tertiary/aromatic N) is 3. The second kappa shape index (κ2) is 6.54. The van der Waals surface area contributed by atoms with Crippen LogP contribution in [0.2, 0.25) is 0 Å². The molecule has 1 amide bonds. The Morgan fingerprint density at radius 1 is 1.12 bits per heavy atom. The minimum atomic E-state index is 0.101. The van der Waals surface area contributed by atoms with Crippen molar-refractivity contribution in [3.05, 3.63) is 41.7 Å². The van der Waals surface area contributed by atoms with Crippen molar-refractivity contribution in [1.82, 2.24) is 14.5 Å². The number of benzene rings is 1. The number of amides is 1. The number of imidazole rings is 1. The van der Waals surface area contributed by atoms with E-state index in [1.807, 2.05) is 18.2 Å². The van der Waals surface area contributed by atoms with Crippen LogP contribution in [0.15, 0.2) is 30.3 Å². The van der Waals surface area contributed by atoms with E-state index in [0.29, 0.717) is 30.9 Å². The number of hydrogen-bond donors (Lipinski definition) is 0. The second-order valence-electron chi connectivity index (χ2n) is 7.72. The van der Waals surface area contributed by atoms with Crippen molar-refractivity contribution in [3.8, 4) is 11.4 Å². The van der Waals surface area contributed by atoms with Crippen molar-refractivity contribution in [2.24, 2.45) is 5.92 Å². The molecule has 2 aliphatic heterocycles. The van der Waals surface area contributed by atoms with Crippen LogP contribution >= 0.6 is 0 Å². The molecule has 0 radical (unpaired) electrons. The third-order valence-corrected chi connectivity index (χ3v) is 6.22. The first-order valence-electron chi connectivity index (χ1n) is 9.86. The van der Waals surface area contributed by atoms with Crippen LogP contribution in [0.1, 0.15) is 48.3 Å². The summed E-state index contributed by atoms with van der Waals surface area (Å²) in [6, 6.07) is 10.6. The average Bonchev–Trinajstić information content (AvgIpc) is 2.96. The highest BCUT2D eigenvalue weighted by atomic mass is 16.5. The molecule has 1 aliphatic carbocycles. The van der Waals surface area contributed by atoms with Crippen LogP contribution in [0.25, 0.3) is 11.4 Å². The lowest BCUT2D eigenvalue weighted by Crippen LogP contribution is -2.58. The van der Waals surface area contributed by atoms with Gasteiger partial charge in [0.2, 0.25) is 0 Å². The van der Waals surface area contributed by atoms with Crippen LogP contribution in [0.3, 0.4) is 0 Å². The fourth-order valence-corrected chi connectivity index (χ4v) is 4.78. The van der Waals surface area contributed by atoms with Crippen LogP contribution in [0.4, 0.5) is 0 Å². The molecule has 2 unspecified atom stereocenters. The van der Waals surface area contributed by atoms with Gasteiger partial charge in [-0.15, -0.1) is 0 Å². The summed E-state index contributed by atoms with van der Waals surface area (Å²) in [5, 5.41) is 0. The standard InChI is InChI=1S/C21H25N3O2/c25-21(24-13-16-9-5-2-6-10-17(16)24)19-18-14-26-12-11-23(18)20(22-19)15-7-3-1-4-8-15/h1,3-4,7-8,16-17H,2,5-6,9-14H2. The molecule has 2 aromatic rings. The molecule has 1 aromatic carbocycles. The highest BCUT2D eigenvalue weighted by molar-refractivity contribution is 5.95. The highest BCUT2D eigenvalue weighted by Gasteiger charge is 2.43. The lowest BCUT2D eigenvalue weighted by molar-refractivity contribution is 0.0110. The molecule has 1 saturated carbocycles. The topological polar surface area (TPSA) is 47.4 Å². The predicted octanol–water partition coefficient (Wildman–Crippen LogP) is 3.49. The average molecular weight is 351 g/mol. The first-order chi connectivity index (χ1) is 12.8. The maximum absolute atomic E-state index is 13.3. The first-order valence-corrected chi connectivity index (χ1v) is 9.86. The Morgan fingerprint density at radius 2 is 1.96 bits per heavy atom. The number of hydrogen-bond acceptors (Lipinski definition) is 3. The molecule has 3 aliphatic rings. The number of carbonyl (C=O) groups is 1. The molecule has 5 heteroatoms. The molecule has 0 N–H and O–H groups in total. The Hall–Kier alpha value is -2.14. The molecular formula is C21H25N3O2. The molecule has 1 aromatic heterocycles. The maximum Gasteiger partial charge on any atom is 0.274 e. The summed E-state index contributed by atoms with van der Waals surface area (Å²) in [5.41, 5.74) is 2.61. The van der Waals surface area contributed by atoms with Gasteiger partial charge in [-0.3, -0.25) is 4.79 Å². The van der Waals surface area contributed by atoms with Crippen LogP contribution in [0, 0.1) is 5.92 Å². The molecule has 0 spiro atoms. The van der Waals surface area contributed by atoms with Gasteiger partial charge in [0.1, 0.15) is 5.82 Å². The van der Waals surface area contributed by atoms with Gasteiger partial charge >= 0.3 is 0 Å². The normalized spacial score (nSPS) is 25.0. The zero-order valence-electron chi connectivity index (χ0n) is 15.1. The van der Waals surface area contributed by atoms with Gasteiger partial charge in [-0.25, -0.2) is 4.98 Å². The van der Waals surface area contributed by atoms with Crippen LogP contribution in [-0.2, 0) is 17.9 Å².